The minimum atomic E-state index is 0. The SMILES string of the molecule is C[N-]C.[Hf]. The van der Waals surface area contributed by atoms with Gasteiger partial charge >= 0.3 is 0 Å². The summed E-state index contributed by atoms with van der Waals surface area (Å²) in [6.07, 6.45) is 0. The quantitative estimate of drug-likeness (QED) is 0.534. The molecule has 0 heterocycles. The molecule has 0 aromatic heterocycles. The number of rotatable bonds is 0. The van der Waals surface area contributed by atoms with Crippen LogP contribution in [0.5, 0.6) is 0 Å². The van der Waals surface area contributed by atoms with Gasteiger partial charge < -0.3 is 5.32 Å². The van der Waals surface area contributed by atoms with Gasteiger partial charge in [0.1, 0.15) is 0 Å². The third-order valence-electron chi connectivity index (χ3n) is 0. The molecule has 0 bridgehead atoms. The molecular weight excluding hydrogens is 217 g/mol. The van der Waals surface area contributed by atoms with Gasteiger partial charge in [-0.25, -0.2) is 0 Å². The first-order chi connectivity index (χ1) is 1.41. The van der Waals surface area contributed by atoms with Crippen LogP contribution in [0.2, 0.25) is 0 Å². The topological polar surface area (TPSA) is 14.1 Å². The molecule has 0 aromatic rings. The van der Waals surface area contributed by atoms with E-state index in [1.54, 1.807) is 14.1 Å². The summed E-state index contributed by atoms with van der Waals surface area (Å²) in [6.45, 7) is 0. The van der Waals surface area contributed by atoms with Crippen molar-refractivity contribution in [1.82, 2.24) is 0 Å². The summed E-state index contributed by atoms with van der Waals surface area (Å²) in [5, 5.41) is 3.50. The number of nitrogens with zero attached hydrogens (tertiary/aromatic N) is 1. The molecule has 4 heavy (non-hydrogen) atoms. The first kappa shape index (κ1) is 8.85. The van der Waals surface area contributed by atoms with E-state index in [0.29, 0.717) is 0 Å². The average Bonchev–Trinajstić information content (AvgIpc) is 0.918. The number of hydrogen-bond acceptors (Lipinski definition) is 0. The summed E-state index contributed by atoms with van der Waals surface area (Å²) in [4.78, 5) is 0. The van der Waals surface area contributed by atoms with Crippen LogP contribution >= 0.6 is 0 Å². The summed E-state index contributed by atoms with van der Waals surface area (Å²) in [6, 6.07) is 0. The van der Waals surface area contributed by atoms with Crippen molar-refractivity contribution in [1.29, 1.82) is 0 Å². The number of hydrogen-bond donors (Lipinski definition) is 0. The Bertz CT molecular complexity index is 6.00. The van der Waals surface area contributed by atoms with E-state index >= 15 is 0 Å². The van der Waals surface area contributed by atoms with E-state index < -0.39 is 0 Å². The first-order valence-corrected chi connectivity index (χ1v) is 0.894. The summed E-state index contributed by atoms with van der Waals surface area (Å²) >= 11 is 0. The van der Waals surface area contributed by atoms with Gasteiger partial charge in [0.2, 0.25) is 0 Å². The van der Waals surface area contributed by atoms with Gasteiger partial charge in [0.15, 0.2) is 0 Å². The molecule has 0 spiro atoms. The van der Waals surface area contributed by atoms with Crippen LogP contribution < -0.4 is 0 Å². The fourth-order valence-electron chi connectivity index (χ4n) is 0. The van der Waals surface area contributed by atoms with E-state index in [2.05, 4.69) is 5.32 Å². The van der Waals surface area contributed by atoms with Gasteiger partial charge in [-0.1, -0.05) is 0 Å². The monoisotopic (exact) mass is 224 g/mol. The Morgan fingerprint density at radius 3 is 1.25 bits per heavy atom. The zero-order valence-electron chi connectivity index (χ0n) is 2.95. The van der Waals surface area contributed by atoms with Gasteiger partial charge in [-0.2, -0.15) is 14.1 Å². The maximum absolute atomic E-state index is 3.50. The molecule has 1 nitrogen and oxygen atoms in total. The standard InChI is InChI=1S/C2H6N.Hf/c1-3-2;/h1-2H3;/q-1;. The third-order valence-corrected chi connectivity index (χ3v) is 0. The van der Waals surface area contributed by atoms with Crippen LogP contribution in [0.3, 0.4) is 0 Å². The Labute approximate surface area is 45.6 Å². The fourth-order valence-corrected chi connectivity index (χ4v) is 0. The van der Waals surface area contributed by atoms with E-state index in [-0.39, 0.29) is 25.8 Å². The molecule has 0 saturated carbocycles. The molecular formula is C2H6HfN-. The molecule has 0 aliphatic rings. The molecule has 0 fully saturated rings. The summed E-state index contributed by atoms with van der Waals surface area (Å²) in [5.41, 5.74) is 0. The minimum absolute atomic E-state index is 0. The zero-order chi connectivity index (χ0) is 2.71. The van der Waals surface area contributed by atoms with Crippen LogP contribution in [0.25, 0.3) is 5.32 Å². The van der Waals surface area contributed by atoms with E-state index in [1.807, 2.05) is 0 Å². The molecule has 0 rings (SSSR count). The van der Waals surface area contributed by atoms with Crippen molar-refractivity contribution in [3.63, 3.8) is 0 Å². The van der Waals surface area contributed by atoms with Crippen molar-refractivity contribution in [3.05, 3.63) is 5.32 Å². The van der Waals surface area contributed by atoms with Crippen LogP contribution in [-0.4, -0.2) is 14.1 Å². The van der Waals surface area contributed by atoms with E-state index in [4.69, 9.17) is 0 Å². The van der Waals surface area contributed by atoms with E-state index in [0.717, 1.165) is 0 Å². The summed E-state index contributed by atoms with van der Waals surface area (Å²) in [7, 11) is 3.50. The van der Waals surface area contributed by atoms with E-state index in [9.17, 15) is 0 Å². The Morgan fingerprint density at radius 1 is 1.25 bits per heavy atom. The van der Waals surface area contributed by atoms with Crippen molar-refractivity contribution in [2.24, 2.45) is 0 Å². The molecule has 0 atom stereocenters. The Morgan fingerprint density at radius 2 is 1.25 bits per heavy atom. The predicted molar refractivity (Wildman–Crippen MR) is 15.2 cm³/mol. The van der Waals surface area contributed by atoms with Crippen molar-refractivity contribution in [3.8, 4) is 0 Å². The Balaban J connectivity index is 0. The predicted octanol–water partition coefficient (Wildman–Crippen LogP) is 0.617. The van der Waals surface area contributed by atoms with Crippen LogP contribution in [-0.2, 0) is 25.8 Å². The van der Waals surface area contributed by atoms with Gasteiger partial charge in [0.25, 0.3) is 0 Å². The molecule has 0 saturated heterocycles. The van der Waals surface area contributed by atoms with Gasteiger partial charge in [-0.15, -0.1) is 0 Å². The second kappa shape index (κ2) is 9.16. The zero-order valence-corrected chi connectivity index (χ0v) is 6.54. The Hall–Kier alpha value is 0.830. The summed E-state index contributed by atoms with van der Waals surface area (Å²) < 4.78 is 0. The maximum Gasteiger partial charge on any atom is 0 e. The van der Waals surface area contributed by atoms with E-state index in [1.165, 1.54) is 0 Å². The molecule has 0 N–H and O–H groups in total. The second-order valence-corrected chi connectivity index (χ2v) is 0.447. The van der Waals surface area contributed by atoms with Crippen LogP contribution in [0.15, 0.2) is 0 Å². The Kier molecular flexibility index (Phi) is 20.3. The molecule has 2 heteroatoms. The average molecular weight is 223 g/mol. The van der Waals surface area contributed by atoms with Gasteiger partial charge in [0.05, 0.1) is 0 Å². The largest absolute Gasteiger partial charge is 0.668 e. The van der Waals surface area contributed by atoms with Gasteiger partial charge in [0, 0.05) is 25.8 Å². The smallest absolute Gasteiger partial charge is 0 e. The molecule has 0 unspecified atom stereocenters. The van der Waals surface area contributed by atoms with Crippen molar-refractivity contribution in [2.75, 3.05) is 14.1 Å². The fraction of sp³-hybridized carbons (Fsp3) is 1.00. The molecule has 0 aliphatic carbocycles. The third kappa shape index (κ3) is 13.8. The first-order valence-electron chi connectivity index (χ1n) is 0.894. The maximum atomic E-state index is 3.50. The minimum Gasteiger partial charge on any atom is -0.668 e. The molecule has 24 valence electrons. The second-order valence-electron chi connectivity index (χ2n) is 0.447. The van der Waals surface area contributed by atoms with Crippen LogP contribution in [0.4, 0.5) is 0 Å². The van der Waals surface area contributed by atoms with Crippen LogP contribution in [0, 0.1) is 0 Å². The molecule has 0 aliphatic heterocycles. The van der Waals surface area contributed by atoms with Gasteiger partial charge in [-0.05, 0) is 0 Å². The normalized spacial score (nSPS) is 4.50. The van der Waals surface area contributed by atoms with Crippen LogP contribution in [0.1, 0.15) is 0 Å². The van der Waals surface area contributed by atoms with Gasteiger partial charge in [-0.3, -0.25) is 0 Å². The van der Waals surface area contributed by atoms with Crippen molar-refractivity contribution < 1.29 is 25.8 Å². The van der Waals surface area contributed by atoms with Crippen molar-refractivity contribution >= 4 is 0 Å². The molecule has 0 amide bonds. The van der Waals surface area contributed by atoms with Crippen molar-refractivity contribution in [2.45, 2.75) is 0 Å². The molecule has 0 aromatic carbocycles. The summed E-state index contributed by atoms with van der Waals surface area (Å²) in [5.74, 6) is 0. The molecule has 0 radical (unpaired) electrons.